The molecule has 0 spiro atoms. The summed E-state index contributed by atoms with van der Waals surface area (Å²) in [6, 6.07) is 3.19. The quantitative estimate of drug-likeness (QED) is 0.866. The highest BCUT2D eigenvalue weighted by atomic mass is 32.1. The van der Waals surface area contributed by atoms with Gasteiger partial charge in [0.1, 0.15) is 4.88 Å². The van der Waals surface area contributed by atoms with Crippen LogP contribution in [0.15, 0.2) is 12.1 Å². The van der Waals surface area contributed by atoms with Gasteiger partial charge in [-0.15, -0.1) is 11.3 Å². The van der Waals surface area contributed by atoms with Crippen molar-refractivity contribution in [2.24, 2.45) is 0 Å². The fourth-order valence-corrected chi connectivity index (χ4v) is 2.86. The molecule has 0 aromatic carbocycles. The second-order valence-corrected chi connectivity index (χ2v) is 5.63. The average Bonchev–Trinajstić information content (AvgIpc) is 2.78. The summed E-state index contributed by atoms with van der Waals surface area (Å²) in [6.45, 7) is 1.91. The van der Waals surface area contributed by atoms with Gasteiger partial charge < -0.3 is 15.3 Å². The van der Waals surface area contributed by atoms with E-state index < -0.39 is 5.97 Å². The monoisotopic (exact) mass is 268 g/mol. The smallest absolute Gasteiger partial charge is 0.345 e. The van der Waals surface area contributed by atoms with Crippen LogP contribution in [0.3, 0.4) is 0 Å². The number of hydrogen-bond acceptors (Lipinski definition) is 4. The third-order valence-corrected chi connectivity index (χ3v) is 4.07. The number of piperidine rings is 1. The molecule has 1 unspecified atom stereocenters. The number of hydrogen-bond donors (Lipinski definition) is 2. The van der Waals surface area contributed by atoms with Crippen LogP contribution >= 0.6 is 11.3 Å². The number of likely N-dealkylation sites (tertiary alicyclic amines) is 1. The third kappa shape index (κ3) is 3.08. The zero-order valence-corrected chi connectivity index (χ0v) is 11.0. The van der Waals surface area contributed by atoms with Crippen molar-refractivity contribution in [3.8, 4) is 0 Å². The second kappa shape index (κ2) is 5.49. The van der Waals surface area contributed by atoms with Gasteiger partial charge in [0.15, 0.2) is 0 Å². The topological polar surface area (TPSA) is 69.6 Å². The maximum Gasteiger partial charge on any atom is 0.345 e. The molecule has 0 bridgehead atoms. The van der Waals surface area contributed by atoms with Crippen LogP contribution in [-0.2, 0) is 0 Å². The Kier molecular flexibility index (Phi) is 3.98. The van der Waals surface area contributed by atoms with E-state index in [1.807, 2.05) is 7.05 Å². The van der Waals surface area contributed by atoms with Crippen LogP contribution in [0.2, 0.25) is 0 Å². The van der Waals surface area contributed by atoms with Crippen molar-refractivity contribution < 1.29 is 14.7 Å². The number of carbonyl (C=O) groups is 2. The molecule has 0 aliphatic carbocycles. The second-order valence-electron chi connectivity index (χ2n) is 4.54. The Morgan fingerprint density at radius 2 is 2.17 bits per heavy atom. The highest BCUT2D eigenvalue weighted by molar-refractivity contribution is 7.15. The third-order valence-electron chi connectivity index (χ3n) is 3.00. The van der Waals surface area contributed by atoms with Gasteiger partial charge in [-0.25, -0.2) is 4.79 Å². The van der Waals surface area contributed by atoms with Crippen LogP contribution in [0.25, 0.3) is 0 Å². The number of carbonyl (C=O) groups excluding carboxylic acids is 1. The number of carboxylic acid groups (broad SMARTS) is 1. The lowest BCUT2D eigenvalue weighted by Gasteiger charge is -2.30. The Bertz CT molecular complexity index is 458. The highest BCUT2D eigenvalue weighted by Crippen LogP contribution is 2.17. The van der Waals surface area contributed by atoms with Gasteiger partial charge in [0.25, 0.3) is 5.91 Å². The van der Waals surface area contributed by atoms with E-state index in [2.05, 4.69) is 10.2 Å². The molecule has 1 aliphatic rings. The van der Waals surface area contributed by atoms with Crippen LogP contribution in [-0.4, -0.2) is 48.1 Å². The van der Waals surface area contributed by atoms with Crippen molar-refractivity contribution in [3.05, 3.63) is 21.9 Å². The number of aromatic carboxylic acids is 1. The van der Waals surface area contributed by atoms with Crippen molar-refractivity contribution in [1.82, 2.24) is 10.2 Å². The van der Waals surface area contributed by atoms with Gasteiger partial charge in [-0.05, 0) is 38.6 Å². The Morgan fingerprint density at radius 1 is 1.44 bits per heavy atom. The van der Waals surface area contributed by atoms with E-state index in [4.69, 9.17) is 5.11 Å². The normalized spacial score (nSPS) is 20.6. The lowest BCUT2D eigenvalue weighted by Crippen LogP contribution is -2.46. The van der Waals surface area contributed by atoms with E-state index in [-0.39, 0.29) is 16.8 Å². The first-order valence-electron chi connectivity index (χ1n) is 5.89. The maximum absolute atomic E-state index is 11.9. The lowest BCUT2D eigenvalue weighted by atomic mass is 10.1. The summed E-state index contributed by atoms with van der Waals surface area (Å²) in [5, 5.41) is 11.8. The van der Waals surface area contributed by atoms with Crippen molar-refractivity contribution in [2.75, 3.05) is 20.1 Å². The molecule has 1 fully saturated rings. The molecule has 1 aromatic heterocycles. The maximum atomic E-state index is 11.9. The van der Waals surface area contributed by atoms with E-state index in [1.165, 1.54) is 6.07 Å². The van der Waals surface area contributed by atoms with Gasteiger partial charge in [-0.3, -0.25) is 4.79 Å². The summed E-state index contributed by atoms with van der Waals surface area (Å²) in [5.41, 5.74) is 0. The molecule has 5 nitrogen and oxygen atoms in total. The van der Waals surface area contributed by atoms with Crippen molar-refractivity contribution in [1.29, 1.82) is 0 Å². The number of thiophene rings is 1. The minimum absolute atomic E-state index is 0.159. The van der Waals surface area contributed by atoms with Gasteiger partial charge in [-0.1, -0.05) is 0 Å². The number of carboxylic acids is 1. The summed E-state index contributed by atoms with van der Waals surface area (Å²) in [7, 11) is 2.03. The zero-order chi connectivity index (χ0) is 13.1. The first-order chi connectivity index (χ1) is 8.56. The minimum atomic E-state index is -0.989. The zero-order valence-electron chi connectivity index (χ0n) is 10.2. The minimum Gasteiger partial charge on any atom is -0.477 e. The van der Waals surface area contributed by atoms with E-state index in [1.54, 1.807) is 6.07 Å². The predicted octanol–water partition coefficient (Wildman–Crippen LogP) is 1.27. The van der Waals surface area contributed by atoms with Gasteiger partial charge in [0.2, 0.25) is 0 Å². The molecule has 6 heteroatoms. The molecule has 2 N–H and O–H groups in total. The summed E-state index contributed by atoms with van der Waals surface area (Å²) in [4.78, 5) is 25.5. The first-order valence-corrected chi connectivity index (χ1v) is 6.70. The van der Waals surface area contributed by atoms with E-state index in [9.17, 15) is 9.59 Å². The van der Waals surface area contributed by atoms with Crippen LogP contribution in [0.1, 0.15) is 32.2 Å². The van der Waals surface area contributed by atoms with Crippen molar-refractivity contribution >= 4 is 23.2 Å². The molecule has 1 aromatic rings. The van der Waals surface area contributed by atoms with Gasteiger partial charge in [0, 0.05) is 12.6 Å². The SMILES string of the molecule is CN1CCCC(NC(=O)c2ccc(C(=O)O)s2)C1. The van der Waals surface area contributed by atoms with Crippen LogP contribution < -0.4 is 5.32 Å². The molecule has 1 atom stereocenters. The molecule has 0 saturated carbocycles. The molecular weight excluding hydrogens is 252 g/mol. The summed E-state index contributed by atoms with van der Waals surface area (Å²) < 4.78 is 0. The first kappa shape index (κ1) is 13.0. The Balaban J connectivity index is 1.96. The summed E-state index contributed by atoms with van der Waals surface area (Å²) in [6.07, 6.45) is 2.06. The van der Waals surface area contributed by atoms with Gasteiger partial charge in [-0.2, -0.15) is 0 Å². The molecule has 2 heterocycles. The molecule has 1 amide bonds. The van der Waals surface area contributed by atoms with E-state index >= 15 is 0 Å². The molecule has 18 heavy (non-hydrogen) atoms. The van der Waals surface area contributed by atoms with Crippen molar-refractivity contribution in [3.63, 3.8) is 0 Å². The Labute approximate surface area is 109 Å². The molecule has 2 rings (SSSR count). The number of amides is 1. The summed E-state index contributed by atoms with van der Waals surface area (Å²) >= 11 is 1.01. The fourth-order valence-electron chi connectivity index (χ4n) is 2.12. The van der Waals surface area contributed by atoms with Crippen LogP contribution in [0, 0.1) is 0 Å². The van der Waals surface area contributed by atoms with Gasteiger partial charge >= 0.3 is 5.97 Å². The lowest BCUT2D eigenvalue weighted by molar-refractivity contribution is 0.0702. The number of likely N-dealkylation sites (N-methyl/N-ethyl adjacent to an activating group) is 1. The van der Waals surface area contributed by atoms with E-state index in [0.29, 0.717) is 4.88 Å². The average molecular weight is 268 g/mol. The molecule has 1 aliphatic heterocycles. The van der Waals surface area contributed by atoms with Crippen LogP contribution in [0.5, 0.6) is 0 Å². The highest BCUT2D eigenvalue weighted by Gasteiger charge is 2.20. The van der Waals surface area contributed by atoms with Gasteiger partial charge in [0.05, 0.1) is 4.88 Å². The standard InChI is InChI=1S/C12H16N2O3S/c1-14-6-2-3-8(7-14)13-11(15)9-4-5-10(18-9)12(16)17/h4-5,8H,2-3,6-7H2,1H3,(H,13,15)(H,16,17). The Hall–Kier alpha value is -1.40. The molecule has 1 saturated heterocycles. The largest absolute Gasteiger partial charge is 0.477 e. The number of nitrogens with zero attached hydrogens (tertiary/aromatic N) is 1. The number of nitrogens with one attached hydrogen (secondary N) is 1. The van der Waals surface area contributed by atoms with Crippen LogP contribution in [0.4, 0.5) is 0 Å². The summed E-state index contributed by atoms with van der Waals surface area (Å²) in [5.74, 6) is -1.16. The van der Waals surface area contributed by atoms with E-state index in [0.717, 1.165) is 37.3 Å². The fraction of sp³-hybridized carbons (Fsp3) is 0.500. The molecular formula is C12H16N2O3S. The Morgan fingerprint density at radius 3 is 2.78 bits per heavy atom. The molecule has 98 valence electrons. The predicted molar refractivity (Wildman–Crippen MR) is 69.3 cm³/mol. The van der Waals surface area contributed by atoms with Crippen molar-refractivity contribution in [2.45, 2.75) is 18.9 Å². The number of rotatable bonds is 3. The molecule has 0 radical (unpaired) electrons.